The van der Waals surface area contributed by atoms with Crippen molar-refractivity contribution < 1.29 is 23.8 Å². The SMILES string of the molecule is CCOC(=O)COc1c(Br)cc(C=O)cc1OC. The summed E-state index contributed by atoms with van der Waals surface area (Å²) in [5.74, 6) is 0.262. The number of methoxy groups -OCH3 is 1. The molecule has 0 heterocycles. The van der Waals surface area contributed by atoms with Crippen molar-refractivity contribution in [2.75, 3.05) is 20.3 Å². The van der Waals surface area contributed by atoms with Crippen molar-refractivity contribution in [2.45, 2.75) is 6.92 Å². The summed E-state index contributed by atoms with van der Waals surface area (Å²) in [6, 6.07) is 3.11. The highest BCUT2D eigenvalue weighted by Crippen LogP contribution is 2.36. The molecule has 18 heavy (non-hydrogen) atoms. The maximum atomic E-state index is 11.2. The number of ether oxygens (including phenoxy) is 3. The van der Waals surface area contributed by atoms with E-state index in [0.29, 0.717) is 34.4 Å². The zero-order chi connectivity index (χ0) is 13.5. The Morgan fingerprint density at radius 3 is 2.72 bits per heavy atom. The van der Waals surface area contributed by atoms with E-state index in [1.165, 1.54) is 13.2 Å². The summed E-state index contributed by atoms with van der Waals surface area (Å²) in [5, 5.41) is 0. The molecule has 0 saturated heterocycles. The van der Waals surface area contributed by atoms with Gasteiger partial charge >= 0.3 is 5.97 Å². The van der Waals surface area contributed by atoms with Crippen molar-refractivity contribution >= 4 is 28.2 Å². The van der Waals surface area contributed by atoms with Gasteiger partial charge in [0.2, 0.25) is 0 Å². The van der Waals surface area contributed by atoms with Gasteiger partial charge in [-0.2, -0.15) is 0 Å². The van der Waals surface area contributed by atoms with E-state index in [2.05, 4.69) is 15.9 Å². The number of benzene rings is 1. The molecule has 0 unspecified atom stereocenters. The maximum absolute atomic E-state index is 11.2. The summed E-state index contributed by atoms with van der Waals surface area (Å²) in [5.41, 5.74) is 0.446. The average molecular weight is 317 g/mol. The van der Waals surface area contributed by atoms with E-state index in [4.69, 9.17) is 14.2 Å². The normalized spacial score (nSPS) is 9.72. The number of hydrogen-bond donors (Lipinski definition) is 0. The fourth-order valence-corrected chi connectivity index (χ4v) is 1.86. The number of halogens is 1. The largest absolute Gasteiger partial charge is 0.493 e. The molecule has 1 aromatic rings. The molecule has 0 aromatic heterocycles. The van der Waals surface area contributed by atoms with Crippen molar-refractivity contribution in [3.05, 3.63) is 22.2 Å². The number of carbonyl (C=O) groups is 2. The lowest BCUT2D eigenvalue weighted by Gasteiger charge is -2.12. The van der Waals surface area contributed by atoms with Crippen molar-refractivity contribution in [2.24, 2.45) is 0 Å². The summed E-state index contributed by atoms with van der Waals surface area (Å²) in [6.45, 7) is 1.79. The second-order valence-corrected chi connectivity index (χ2v) is 4.10. The van der Waals surface area contributed by atoms with Crippen LogP contribution >= 0.6 is 15.9 Å². The van der Waals surface area contributed by atoms with Gasteiger partial charge in [-0.15, -0.1) is 0 Å². The monoisotopic (exact) mass is 316 g/mol. The Morgan fingerprint density at radius 2 is 2.17 bits per heavy atom. The third kappa shape index (κ3) is 3.73. The van der Waals surface area contributed by atoms with Crippen LogP contribution in [0.2, 0.25) is 0 Å². The molecule has 0 spiro atoms. The summed E-state index contributed by atoms with van der Waals surface area (Å²) >= 11 is 3.25. The number of hydrogen-bond acceptors (Lipinski definition) is 5. The van der Waals surface area contributed by atoms with Crippen molar-refractivity contribution in [1.29, 1.82) is 0 Å². The van der Waals surface area contributed by atoms with Gasteiger partial charge in [0, 0.05) is 5.56 Å². The van der Waals surface area contributed by atoms with Crippen LogP contribution < -0.4 is 9.47 Å². The fraction of sp³-hybridized carbons (Fsp3) is 0.333. The van der Waals surface area contributed by atoms with E-state index in [1.807, 2.05) is 0 Å². The highest BCUT2D eigenvalue weighted by Gasteiger charge is 2.13. The summed E-state index contributed by atoms with van der Waals surface area (Å²) in [4.78, 5) is 21.9. The van der Waals surface area contributed by atoms with E-state index >= 15 is 0 Å². The van der Waals surface area contributed by atoms with E-state index in [1.54, 1.807) is 13.0 Å². The minimum absolute atomic E-state index is 0.219. The first-order valence-corrected chi connectivity index (χ1v) is 6.02. The summed E-state index contributed by atoms with van der Waals surface area (Å²) in [6.07, 6.45) is 0.697. The molecule has 0 bridgehead atoms. The Labute approximate surface area is 113 Å². The molecule has 1 rings (SSSR count). The van der Waals surface area contributed by atoms with Crippen LogP contribution in [0.15, 0.2) is 16.6 Å². The third-order valence-corrected chi connectivity index (χ3v) is 2.62. The third-order valence-electron chi connectivity index (χ3n) is 2.03. The Bertz CT molecular complexity index is 444. The van der Waals surface area contributed by atoms with Crippen LogP contribution in [0.1, 0.15) is 17.3 Å². The predicted molar refractivity (Wildman–Crippen MR) is 68.2 cm³/mol. The van der Waals surface area contributed by atoms with E-state index in [9.17, 15) is 9.59 Å². The van der Waals surface area contributed by atoms with Crippen molar-refractivity contribution in [1.82, 2.24) is 0 Å². The quantitative estimate of drug-likeness (QED) is 0.595. The molecule has 0 N–H and O–H groups in total. The minimum Gasteiger partial charge on any atom is -0.493 e. The number of rotatable bonds is 6. The molecule has 0 aliphatic carbocycles. The summed E-state index contributed by atoms with van der Waals surface area (Å²) in [7, 11) is 1.45. The molecule has 0 radical (unpaired) electrons. The predicted octanol–water partition coefficient (Wildman–Crippen LogP) is 2.21. The lowest BCUT2D eigenvalue weighted by molar-refractivity contribution is -0.145. The van der Waals surface area contributed by atoms with Gasteiger partial charge in [-0.3, -0.25) is 4.79 Å². The number of carbonyl (C=O) groups excluding carboxylic acids is 2. The van der Waals surface area contributed by atoms with Gasteiger partial charge in [0.15, 0.2) is 18.1 Å². The lowest BCUT2D eigenvalue weighted by atomic mass is 10.2. The van der Waals surface area contributed by atoms with Gasteiger partial charge in [0.25, 0.3) is 0 Å². The lowest BCUT2D eigenvalue weighted by Crippen LogP contribution is -2.15. The zero-order valence-electron chi connectivity index (χ0n) is 10.1. The zero-order valence-corrected chi connectivity index (χ0v) is 11.7. The second-order valence-electron chi connectivity index (χ2n) is 3.25. The average Bonchev–Trinajstić information content (AvgIpc) is 2.36. The first-order valence-electron chi connectivity index (χ1n) is 5.23. The molecule has 0 aliphatic rings. The molecule has 0 atom stereocenters. The Hall–Kier alpha value is -1.56. The second kappa shape index (κ2) is 7.00. The fourth-order valence-electron chi connectivity index (χ4n) is 1.28. The maximum Gasteiger partial charge on any atom is 0.344 e. The molecular formula is C12H13BrO5. The van der Waals surface area contributed by atoms with Gasteiger partial charge in [0.1, 0.15) is 6.29 Å². The smallest absolute Gasteiger partial charge is 0.344 e. The molecule has 6 heteroatoms. The molecule has 0 amide bonds. The first-order chi connectivity index (χ1) is 8.62. The standard InChI is InChI=1S/C12H13BrO5/c1-3-17-11(15)7-18-12-9(13)4-8(6-14)5-10(12)16-2/h4-6H,3,7H2,1-2H3. The topological polar surface area (TPSA) is 61.8 Å². The van der Waals surface area contributed by atoms with Crippen LogP contribution in [0.3, 0.4) is 0 Å². The van der Waals surface area contributed by atoms with Crippen LogP contribution in [-0.2, 0) is 9.53 Å². The van der Waals surface area contributed by atoms with Crippen LogP contribution in [0.4, 0.5) is 0 Å². The molecule has 5 nitrogen and oxygen atoms in total. The number of esters is 1. The Kier molecular flexibility index (Phi) is 5.64. The molecule has 0 fully saturated rings. The van der Waals surface area contributed by atoms with E-state index < -0.39 is 5.97 Å². The van der Waals surface area contributed by atoms with Gasteiger partial charge in [-0.05, 0) is 35.0 Å². The van der Waals surface area contributed by atoms with Gasteiger partial charge < -0.3 is 14.2 Å². The van der Waals surface area contributed by atoms with Crippen LogP contribution in [0.5, 0.6) is 11.5 Å². The number of aldehydes is 1. The summed E-state index contributed by atoms with van der Waals surface area (Å²) < 4.78 is 15.7. The molecule has 1 aromatic carbocycles. The van der Waals surface area contributed by atoms with Crippen LogP contribution in [0.25, 0.3) is 0 Å². The highest BCUT2D eigenvalue weighted by atomic mass is 79.9. The van der Waals surface area contributed by atoms with E-state index in [-0.39, 0.29) is 6.61 Å². The first kappa shape index (κ1) is 14.5. The van der Waals surface area contributed by atoms with Crippen LogP contribution in [0, 0.1) is 0 Å². The Balaban J connectivity index is 2.87. The highest BCUT2D eigenvalue weighted by molar-refractivity contribution is 9.10. The van der Waals surface area contributed by atoms with Gasteiger partial charge in [0.05, 0.1) is 18.2 Å². The molecular weight excluding hydrogens is 304 g/mol. The minimum atomic E-state index is -0.467. The van der Waals surface area contributed by atoms with Gasteiger partial charge in [-0.25, -0.2) is 4.79 Å². The van der Waals surface area contributed by atoms with Crippen molar-refractivity contribution in [3.8, 4) is 11.5 Å². The van der Waals surface area contributed by atoms with Gasteiger partial charge in [-0.1, -0.05) is 0 Å². The van der Waals surface area contributed by atoms with E-state index in [0.717, 1.165) is 0 Å². The molecule has 0 aliphatic heterocycles. The molecule has 98 valence electrons. The molecule has 0 saturated carbocycles. The van der Waals surface area contributed by atoms with Crippen molar-refractivity contribution in [3.63, 3.8) is 0 Å². The Morgan fingerprint density at radius 1 is 1.44 bits per heavy atom. The van der Waals surface area contributed by atoms with Crippen LogP contribution in [-0.4, -0.2) is 32.6 Å².